The molecule has 3 rings (SSSR count). The Labute approximate surface area is 136 Å². The number of hydrogen-bond donors (Lipinski definition) is 0. The Morgan fingerprint density at radius 1 is 1.45 bits per heavy atom. The zero-order valence-corrected chi connectivity index (χ0v) is 14.6. The molecule has 0 N–H and O–H groups in total. The van der Waals surface area contributed by atoms with Crippen molar-refractivity contribution >= 4 is 17.7 Å². The van der Waals surface area contributed by atoms with Crippen molar-refractivity contribution in [2.24, 2.45) is 16.7 Å². The van der Waals surface area contributed by atoms with Crippen LogP contribution in [0.4, 0.5) is 0 Å². The van der Waals surface area contributed by atoms with Crippen molar-refractivity contribution in [3.05, 3.63) is 18.0 Å². The third kappa shape index (κ3) is 2.53. The lowest BCUT2D eigenvalue weighted by atomic mass is 9.70. The number of ether oxygens (including phenoxy) is 1. The maximum atomic E-state index is 12.2. The van der Waals surface area contributed by atoms with Gasteiger partial charge in [-0.25, -0.2) is 9.97 Å². The number of nitrogens with zero attached hydrogens (tertiary/aromatic N) is 2. The van der Waals surface area contributed by atoms with Crippen molar-refractivity contribution < 1.29 is 9.53 Å². The highest BCUT2D eigenvalue weighted by Crippen LogP contribution is 2.66. The summed E-state index contributed by atoms with van der Waals surface area (Å²) in [5.41, 5.74) is 1.30. The lowest BCUT2D eigenvalue weighted by Crippen LogP contribution is -2.38. The van der Waals surface area contributed by atoms with Crippen LogP contribution in [0.25, 0.3) is 0 Å². The summed E-state index contributed by atoms with van der Waals surface area (Å²) in [6, 6.07) is 1.85. The van der Waals surface area contributed by atoms with E-state index >= 15 is 0 Å². The van der Waals surface area contributed by atoms with Crippen LogP contribution in [-0.2, 0) is 9.53 Å². The van der Waals surface area contributed by atoms with E-state index in [1.807, 2.05) is 13.0 Å². The molecule has 0 aliphatic heterocycles. The first kappa shape index (κ1) is 15.8. The van der Waals surface area contributed by atoms with Crippen LogP contribution in [0.15, 0.2) is 17.4 Å². The van der Waals surface area contributed by atoms with Crippen molar-refractivity contribution in [1.29, 1.82) is 0 Å². The molecular weight excluding hydrogens is 296 g/mol. The van der Waals surface area contributed by atoms with E-state index < -0.39 is 0 Å². The van der Waals surface area contributed by atoms with Crippen LogP contribution in [0.1, 0.15) is 45.7 Å². The number of fused-ring (bicyclic) bond motifs is 2. The Morgan fingerprint density at radius 3 is 2.82 bits per heavy atom. The molecule has 4 nitrogen and oxygen atoms in total. The minimum Gasteiger partial charge on any atom is -0.461 e. The smallest absolute Gasteiger partial charge is 0.316 e. The molecule has 2 aliphatic rings. The maximum Gasteiger partial charge on any atom is 0.316 e. The number of carbonyl (C=O) groups excluding carboxylic acids is 1. The SMILES string of the molecule is Cc1ccnc(SCC(=O)O[C@@H]2C[C@@H]3CC[C@@]2(C)C3(C)C)n1. The molecule has 2 aliphatic carbocycles. The first-order chi connectivity index (χ1) is 10.3. The zero-order valence-electron chi connectivity index (χ0n) is 13.8. The molecule has 0 amide bonds. The van der Waals surface area contributed by atoms with Gasteiger partial charge in [-0.3, -0.25) is 4.79 Å². The van der Waals surface area contributed by atoms with Gasteiger partial charge in [-0.05, 0) is 43.6 Å². The Balaban J connectivity index is 1.57. The number of carbonyl (C=O) groups is 1. The minimum atomic E-state index is -0.148. The van der Waals surface area contributed by atoms with Gasteiger partial charge in [0.05, 0.1) is 5.75 Å². The average Bonchev–Trinajstić information content (AvgIpc) is 2.78. The monoisotopic (exact) mass is 320 g/mol. The molecule has 1 aromatic heterocycles. The molecule has 3 atom stereocenters. The molecule has 1 heterocycles. The molecule has 0 spiro atoms. The van der Waals surface area contributed by atoms with E-state index in [0.29, 0.717) is 11.1 Å². The molecule has 22 heavy (non-hydrogen) atoms. The van der Waals surface area contributed by atoms with Crippen molar-refractivity contribution in [3.63, 3.8) is 0 Å². The summed E-state index contributed by atoms with van der Waals surface area (Å²) in [7, 11) is 0. The van der Waals surface area contributed by atoms with E-state index in [1.54, 1.807) is 6.20 Å². The second kappa shape index (κ2) is 5.52. The van der Waals surface area contributed by atoms with E-state index in [1.165, 1.54) is 18.2 Å². The van der Waals surface area contributed by atoms with Crippen LogP contribution in [0, 0.1) is 23.7 Å². The summed E-state index contributed by atoms with van der Waals surface area (Å²) in [5, 5.41) is 0.636. The molecule has 0 radical (unpaired) electrons. The van der Waals surface area contributed by atoms with Gasteiger partial charge in [0.15, 0.2) is 5.16 Å². The van der Waals surface area contributed by atoms with E-state index in [0.717, 1.165) is 18.5 Å². The summed E-state index contributed by atoms with van der Waals surface area (Å²) < 4.78 is 5.82. The van der Waals surface area contributed by atoms with Crippen molar-refractivity contribution in [1.82, 2.24) is 9.97 Å². The first-order valence-corrected chi connectivity index (χ1v) is 8.93. The summed E-state index contributed by atoms with van der Waals surface area (Å²) >= 11 is 1.35. The third-order valence-electron chi connectivity index (χ3n) is 6.08. The van der Waals surface area contributed by atoms with Crippen molar-refractivity contribution in [2.45, 2.75) is 58.2 Å². The van der Waals surface area contributed by atoms with Gasteiger partial charge in [-0.2, -0.15) is 0 Å². The van der Waals surface area contributed by atoms with Gasteiger partial charge in [-0.15, -0.1) is 0 Å². The summed E-state index contributed by atoms with van der Waals surface area (Å²) in [6.07, 6.45) is 5.23. The minimum absolute atomic E-state index is 0.0628. The van der Waals surface area contributed by atoms with Crippen LogP contribution < -0.4 is 0 Å². The second-order valence-electron chi connectivity index (χ2n) is 7.36. The Hall–Kier alpha value is -1.10. The largest absolute Gasteiger partial charge is 0.461 e. The highest BCUT2D eigenvalue weighted by molar-refractivity contribution is 7.99. The molecule has 0 unspecified atom stereocenters. The molecule has 1 aromatic rings. The lowest BCUT2D eigenvalue weighted by molar-refractivity contribution is -0.153. The summed E-state index contributed by atoms with van der Waals surface area (Å²) in [4.78, 5) is 20.6. The van der Waals surface area contributed by atoms with Crippen LogP contribution in [-0.4, -0.2) is 27.8 Å². The van der Waals surface area contributed by atoms with Gasteiger partial charge >= 0.3 is 5.97 Å². The van der Waals surface area contributed by atoms with Gasteiger partial charge < -0.3 is 4.74 Å². The molecule has 2 fully saturated rings. The first-order valence-electron chi connectivity index (χ1n) is 7.95. The topological polar surface area (TPSA) is 52.1 Å². The molecule has 120 valence electrons. The average molecular weight is 320 g/mol. The maximum absolute atomic E-state index is 12.2. The van der Waals surface area contributed by atoms with Crippen LogP contribution >= 0.6 is 11.8 Å². The third-order valence-corrected chi connectivity index (χ3v) is 6.91. The Bertz CT molecular complexity index is 590. The van der Waals surface area contributed by atoms with E-state index in [9.17, 15) is 4.79 Å². The quantitative estimate of drug-likeness (QED) is 0.482. The number of esters is 1. The summed E-state index contributed by atoms with van der Waals surface area (Å²) in [5.74, 6) is 0.814. The van der Waals surface area contributed by atoms with Gasteiger partial charge in [0.1, 0.15) is 6.10 Å². The van der Waals surface area contributed by atoms with Gasteiger partial charge in [0.2, 0.25) is 0 Å². The number of hydrogen-bond acceptors (Lipinski definition) is 5. The van der Waals surface area contributed by atoms with Gasteiger partial charge in [-0.1, -0.05) is 32.5 Å². The fraction of sp³-hybridized carbons (Fsp3) is 0.706. The molecule has 0 aromatic carbocycles. The Kier molecular flexibility index (Phi) is 3.96. The number of rotatable bonds is 4. The van der Waals surface area contributed by atoms with E-state index in [-0.39, 0.29) is 28.7 Å². The fourth-order valence-electron chi connectivity index (χ4n) is 4.12. The predicted octanol–water partition coefficient (Wildman–Crippen LogP) is 3.64. The normalized spacial score (nSPS) is 32.2. The lowest BCUT2D eigenvalue weighted by Gasteiger charge is -2.38. The number of aryl methyl sites for hydroxylation is 1. The second-order valence-corrected chi connectivity index (χ2v) is 8.30. The van der Waals surface area contributed by atoms with Crippen LogP contribution in [0.2, 0.25) is 0 Å². The highest BCUT2D eigenvalue weighted by atomic mass is 32.2. The summed E-state index contributed by atoms with van der Waals surface area (Å²) in [6.45, 7) is 8.86. The Morgan fingerprint density at radius 2 is 2.23 bits per heavy atom. The molecule has 2 bridgehead atoms. The number of thioether (sulfide) groups is 1. The standard InChI is InChI=1S/C17H24N2O2S/c1-11-6-8-18-15(19-11)22-10-14(20)21-13-9-12-5-7-17(13,4)16(12,2)3/h6,8,12-13H,5,7,9-10H2,1-4H3/t12-,13+,17+/m0/s1. The van der Waals surface area contributed by atoms with Crippen molar-refractivity contribution in [3.8, 4) is 0 Å². The number of aromatic nitrogens is 2. The van der Waals surface area contributed by atoms with E-state index in [4.69, 9.17) is 4.74 Å². The zero-order chi connectivity index (χ0) is 16.0. The van der Waals surface area contributed by atoms with Crippen LogP contribution in [0.3, 0.4) is 0 Å². The predicted molar refractivity (Wildman–Crippen MR) is 86.6 cm³/mol. The molecule has 5 heteroatoms. The van der Waals surface area contributed by atoms with E-state index in [2.05, 4.69) is 30.7 Å². The van der Waals surface area contributed by atoms with Crippen molar-refractivity contribution in [2.75, 3.05) is 5.75 Å². The fourth-order valence-corrected chi connectivity index (χ4v) is 4.78. The van der Waals surface area contributed by atoms with Crippen LogP contribution in [0.5, 0.6) is 0 Å². The highest BCUT2D eigenvalue weighted by Gasteiger charge is 2.62. The van der Waals surface area contributed by atoms with Gasteiger partial charge in [0.25, 0.3) is 0 Å². The van der Waals surface area contributed by atoms with Gasteiger partial charge in [0, 0.05) is 17.3 Å². The molecular formula is C17H24N2O2S. The molecule has 2 saturated carbocycles. The molecule has 0 saturated heterocycles.